The molecule has 1 amide bonds. The van der Waals surface area contributed by atoms with Gasteiger partial charge in [-0.15, -0.1) is 11.3 Å². The second-order valence-electron chi connectivity index (χ2n) is 12.6. The van der Waals surface area contributed by atoms with Crippen LogP contribution in [0.3, 0.4) is 0 Å². The number of carbonyl (C=O) groups is 1. The second kappa shape index (κ2) is 14.7. The summed E-state index contributed by atoms with van der Waals surface area (Å²) in [6, 6.07) is 13.7. The van der Waals surface area contributed by atoms with Crippen molar-refractivity contribution in [2.75, 3.05) is 86.6 Å². The van der Waals surface area contributed by atoms with Crippen LogP contribution in [0.1, 0.15) is 24.1 Å². The van der Waals surface area contributed by atoms with Gasteiger partial charge >= 0.3 is 0 Å². The normalized spacial score (nSPS) is 16.4. The van der Waals surface area contributed by atoms with Crippen molar-refractivity contribution in [3.8, 4) is 5.75 Å². The number of hydrogen-bond donors (Lipinski definition) is 2. The second-order valence-corrected chi connectivity index (χ2v) is 15.5. The van der Waals surface area contributed by atoms with E-state index in [2.05, 4.69) is 39.0 Å². The minimum absolute atomic E-state index is 0.305. The predicted octanol–water partition coefficient (Wildman–Crippen LogP) is 4.77. The lowest BCUT2D eigenvalue weighted by Crippen LogP contribution is -2.52. The molecule has 0 bridgehead atoms. The molecule has 2 aliphatic heterocycles. The highest BCUT2D eigenvalue weighted by Crippen LogP contribution is 2.40. The minimum Gasteiger partial charge on any atom is -0.494 e. The van der Waals surface area contributed by atoms with E-state index < -0.39 is 10.0 Å². The summed E-state index contributed by atoms with van der Waals surface area (Å²) in [6.45, 7) is 9.78. The van der Waals surface area contributed by atoms with Crippen molar-refractivity contribution >= 4 is 66.2 Å². The number of nitrogens with zero attached hydrogens (tertiary/aromatic N) is 6. The Bertz CT molecular complexity index is 1930. The monoisotopic (exact) mass is 704 g/mol. The number of thiophene rings is 1. The number of hydrogen-bond acceptors (Lipinski definition) is 11. The number of carbonyl (C=O) groups excluding carboxylic acids is 1. The van der Waals surface area contributed by atoms with Crippen LogP contribution < -0.4 is 24.6 Å². The number of rotatable bonds is 11. The van der Waals surface area contributed by atoms with Crippen LogP contribution in [0.2, 0.25) is 0 Å². The molecule has 0 spiro atoms. The first-order chi connectivity index (χ1) is 23.5. The van der Waals surface area contributed by atoms with Crippen molar-refractivity contribution in [3.63, 3.8) is 0 Å². The van der Waals surface area contributed by atoms with Gasteiger partial charge in [0, 0.05) is 64.8 Å². The molecular formula is C35H44N8O4S2. The number of anilines is 5. The Hall–Kier alpha value is -4.24. The van der Waals surface area contributed by atoms with E-state index >= 15 is 0 Å². The number of benzene rings is 2. The fourth-order valence-corrected chi connectivity index (χ4v) is 7.94. The molecule has 14 heteroatoms. The molecule has 0 radical (unpaired) electrons. The first kappa shape index (κ1) is 34.6. The summed E-state index contributed by atoms with van der Waals surface area (Å²) >= 11 is 1.54. The molecule has 2 aromatic heterocycles. The lowest BCUT2D eigenvalue weighted by Gasteiger charge is -2.43. The molecule has 0 unspecified atom stereocenters. The Morgan fingerprint density at radius 3 is 2.51 bits per heavy atom. The van der Waals surface area contributed by atoms with E-state index in [0.29, 0.717) is 41.2 Å². The van der Waals surface area contributed by atoms with Crippen LogP contribution in [-0.2, 0) is 21.2 Å². The van der Waals surface area contributed by atoms with Crippen LogP contribution in [0.5, 0.6) is 5.75 Å². The van der Waals surface area contributed by atoms with Crippen molar-refractivity contribution in [2.45, 2.75) is 25.3 Å². The maximum absolute atomic E-state index is 12.6. The van der Waals surface area contributed by atoms with Crippen LogP contribution in [0.4, 0.5) is 28.7 Å². The van der Waals surface area contributed by atoms with Crippen LogP contribution in [0.15, 0.2) is 60.5 Å². The van der Waals surface area contributed by atoms with E-state index in [1.54, 1.807) is 20.2 Å². The van der Waals surface area contributed by atoms with E-state index in [9.17, 15) is 13.2 Å². The Kier molecular flexibility index (Phi) is 10.4. The third-order valence-electron chi connectivity index (χ3n) is 9.43. The summed E-state index contributed by atoms with van der Waals surface area (Å²) < 4.78 is 32.9. The summed E-state index contributed by atoms with van der Waals surface area (Å²) in [4.78, 5) is 29.6. The summed E-state index contributed by atoms with van der Waals surface area (Å²) in [5, 5.41) is 8.33. The minimum atomic E-state index is -3.46. The lowest BCUT2D eigenvalue weighted by atomic mass is 10.0. The molecule has 2 aromatic carbocycles. The molecule has 0 atom stereocenters. The third kappa shape index (κ3) is 7.82. The fourth-order valence-electron chi connectivity index (χ4n) is 6.59. The van der Waals surface area contributed by atoms with Gasteiger partial charge in [0.25, 0.3) is 0 Å². The highest BCUT2D eigenvalue weighted by atomic mass is 32.2. The number of methoxy groups -OCH3 is 1. The number of para-hydroxylation sites is 1. The molecule has 49 heavy (non-hydrogen) atoms. The molecule has 4 heterocycles. The van der Waals surface area contributed by atoms with E-state index in [1.807, 2.05) is 41.8 Å². The Balaban J connectivity index is 1.29. The maximum Gasteiger partial charge on any atom is 0.247 e. The summed E-state index contributed by atoms with van der Waals surface area (Å²) in [5.74, 6) is 0.638. The van der Waals surface area contributed by atoms with Crippen molar-refractivity contribution in [2.24, 2.45) is 0 Å². The van der Waals surface area contributed by atoms with Crippen molar-refractivity contribution < 1.29 is 17.9 Å². The summed E-state index contributed by atoms with van der Waals surface area (Å²) in [7, 11) is 1.89. The SMILES string of the molecule is C=CC(=O)Nc1cc(Nc2nc(Cc3ccccc3N(C)S(C)(=O)=O)c3sccc3n2)c(OC)cc1N1CCC(N2CCN(C)CC2)CC1. The van der Waals surface area contributed by atoms with Gasteiger partial charge in [-0.05, 0) is 55.1 Å². The smallest absolute Gasteiger partial charge is 0.247 e. The largest absolute Gasteiger partial charge is 0.494 e. The van der Waals surface area contributed by atoms with Gasteiger partial charge in [-0.1, -0.05) is 24.8 Å². The summed E-state index contributed by atoms with van der Waals surface area (Å²) in [5.41, 5.74) is 5.06. The molecule has 4 aromatic rings. The van der Waals surface area contributed by atoms with Crippen LogP contribution >= 0.6 is 11.3 Å². The van der Waals surface area contributed by atoms with E-state index in [0.717, 1.165) is 79.3 Å². The van der Waals surface area contributed by atoms with Gasteiger partial charge in [0.15, 0.2) is 0 Å². The number of piperidine rings is 1. The van der Waals surface area contributed by atoms with Gasteiger partial charge in [-0.2, -0.15) is 0 Å². The first-order valence-corrected chi connectivity index (χ1v) is 19.1. The molecule has 2 fully saturated rings. The number of aromatic nitrogens is 2. The number of fused-ring (bicyclic) bond motifs is 1. The average molecular weight is 705 g/mol. The zero-order chi connectivity index (χ0) is 34.7. The van der Waals surface area contributed by atoms with Crippen LogP contribution in [0.25, 0.3) is 10.2 Å². The molecule has 2 aliphatic rings. The number of sulfonamides is 1. The first-order valence-electron chi connectivity index (χ1n) is 16.4. The van der Waals surface area contributed by atoms with Gasteiger partial charge in [0.2, 0.25) is 21.9 Å². The molecule has 0 aliphatic carbocycles. The summed E-state index contributed by atoms with van der Waals surface area (Å²) in [6.07, 6.45) is 4.93. The Morgan fingerprint density at radius 2 is 1.82 bits per heavy atom. The molecule has 2 saturated heterocycles. The molecule has 260 valence electrons. The molecular weight excluding hydrogens is 661 g/mol. The van der Waals surface area contributed by atoms with E-state index in [1.165, 1.54) is 28.0 Å². The number of ether oxygens (including phenoxy) is 1. The highest BCUT2D eigenvalue weighted by molar-refractivity contribution is 7.92. The fraction of sp³-hybridized carbons (Fsp3) is 0.400. The highest BCUT2D eigenvalue weighted by Gasteiger charge is 2.28. The maximum atomic E-state index is 12.6. The number of nitrogens with one attached hydrogen (secondary N) is 2. The van der Waals surface area contributed by atoms with E-state index in [4.69, 9.17) is 14.7 Å². The third-order valence-corrected chi connectivity index (χ3v) is 11.6. The molecule has 12 nitrogen and oxygen atoms in total. The molecule has 0 saturated carbocycles. The van der Waals surface area contributed by atoms with E-state index in [-0.39, 0.29) is 5.91 Å². The molecule has 6 rings (SSSR count). The van der Waals surface area contributed by atoms with Gasteiger partial charge in [0.1, 0.15) is 5.75 Å². The topological polar surface area (TPSA) is 123 Å². The zero-order valence-electron chi connectivity index (χ0n) is 28.5. The number of amides is 1. The van der Waals surface area contributed by atoms with Gasteiger partial charge in [0.05, 0.1) is 52.0 Å². The molecule has 2 N–H and O–H groups in total. The predicted molar refractivity (Wildman–Crippen MR) is 199 cm³/mol. The van der Waals surface area contributed by atoms with Crippen LogP contribution in [-0.4, -0.2) is 107 Å². The quantitative estimate of drug-likeness (QED) is 0.211. The van der Waals surface area contributed by atoms with Crippen LogP contribution in [0, 0.1) is 0 Å². The Labute approximate surface area is 292 Å². The zero-order valence-corrected chi connectivity index (χ0v) is 30.1. The van der Waals surface area contributed by atoms with Gasteiger partial charge < -0.3 is 25.2 Å². The lowest BCUT2D eigenvalue weighted by molar-refractivity contribution is -0.111. The number of piperazine rings is 1. The van der Waals surface area contributed by atoms with Crippen molar-refractivity contribution in [1.29, 1.82) is 0 Å². The van der Waals surface area contributed by atoms with Crippen molar-refractivity contribution in [3.05, 3.63) is 71.8 Å². The van der Waals surface area contributed by atoms with Crippen molar-refractivity contribution in [1.82, 2.24) is 19.8 Å². The Morgan fingerprint density at radius 1 is 1.08 bits per heavy atom. The number of likely N-dealkylation sites (N-methyl/N-ethyl adjacent to an activating group) is 1. The van der Waals surface area contributed by atoms with Gasteiger partial charge in [-0.25, -0.2) is 18.4 Å². The average Bonchev–Trinajstić information content (AvgIpc) is 3.57. The van der Waals surface area contributed by atoms with Gasteiger partial charge in [-0.3, -0.25) is 14.0 Å². The standard InChI is InChI=1S/C35H44N8O4S2/c1-6-33(44)36-27-22-28(32(47-4)23-31(27)43-14-11-25(12-15-43)42-18-16-40(2)17-19-42)38-35-37-26-13-20-48-34(26)29(39-35)21-24-9-7-8-10-30(24)41(3)49(5,45)46/h6-10,13,20,22-23,25H,1,11-12,14-19,21H2,2-5H3,(H,36,44)(H,37,38,39).